The van der Waals surface area contributed by atoms with Crippen LogP contribution in [-0.2, 0) is 0 Å². The molecule has 0 aliphatic carbocycles. The van der Waals surface area contributed by atoms with E-state index in [0.29, 0.717) is 5.15 Å². The fraction of sp³-hybridized carbons (Fsp3) is 0.667. The first kappa shape index (κ1) is 11.6. The van der Waals surface area contributed by atoms with Crippen molar-refractivity contribution in [3.8, 4) is 0 Å². The molecule has 4 heteroatoms. The van der Waals surface area contributed by atoms with Crippen molar-refractivity contribution in [3.63, 3.8) is 0 Å². The fourth-order valence-corrected chi connectivity index (χ4v) is 2.34. The predicted octanol–water partition coefficient (Wildman–Crippen LogP) is 3.06. The average molecular weight is 240 g/mol. The number of hydrogen-bond donors (Lipinski definition) is 0. The summed E-state index contributed by atoms with van der Waals surface area (Å²) in [5.41, 5.74) is 0.999. The van der Waals surface area contributed by atoms with E-state index in [1.165, 1.54) is 19.3 Å². The summed E-state index contributed by atoms with van der Waals surface area (Å²) in [6.45, 7) is 6.48. The fourth-order valence-electron chi connectivity index (χ4n) is 2.21. The Bertz CT molecular complexity index is 367. The monoisotopic (exact) mass is 239 g/mol. The van der Waals surface area contributed by atoms with Crippen LogP contribution in [0.15, 0.2) is 6.33 Å². The van der Waals surface area contributed by atoms with Crippen LogP contribution in [0.5, 0.6) is 0 Å². The Morgan fingerprint density at radius 2 is 2.12 bits per heavy atom. The van der Waals surface area contributed by atoms with E-state index < -0.39 is 0 Å². The molecule has 2 rings (SSSR count). The molecule has 0 amide bonds. The van der Waals surface area contributed by atoms with Gasteiger partial charge in [0.15, 0.2) is 0 Å². The largest absolute Gasteiger partial charge is 0.356 e. The summed E-state index contributed by atoms with van der Waals surface area (Å²) in [5, 5.41) is 0.572. The number of aromatic nitrogens is 2. The number of halogens is 1. The predicted molar refractivity (Wildman–Crippen MR) is 67.0 cm³/mol. The molecule has 1 fully saturated rings. The molecule has 0 saturated carbocycles. The molecule has 3 nitrogen and oxygen atoms in total. The summed E-state index contributed by atoms with van der Waals surface area (Å²) in [6.07, 6.45) is 5.34. The minimum absolute atomic E-state index is 0.572. The molecular formula is C12H18ClN3. The van der Waals surface area contributed by atoms with Gasteiger partial charge in [0, 0.05) is 18.7 Å². The van der Waals surface area contributed by atoms with Crippen LogP contribution in [0.25, 0.3) is 0 Å². The lowest BCUT2D eigenvalue weighted by molar-refractivity contribution is 0.521. The lowest BCUT2D eigenvalue weighted by Crippen LogP contribution is -2.26. The van der Waals surface area contributed by atoms with Crippen LogP contribution in [0.2, 0.25) is 5.15 Å². The maximum absolute atomic E-state index is 6.02. The molecule has 1 aromatic heterocycles. The average Bonchev–Trinajstić information content (AvgIpc) is 2.47. The van der Waals surface area contributed by atoms with Crippen molar-refractivity contribution in [2.75, 3.05) is 18.0 Å². The summed E-state index contributed by atoms with van der Waals surface area (Å²) < 4.78 is 0. The minimum Gasteiger partial charge on any atom is -0.356 e. The summed E-state index contributed by atoms with van der Waals surface area (Å²) in [5.74, 6) is 1.83. The van der Waals surface area contributed by atoms with Crippen LogP contribution in [0.3, 0.4) is 0 Å². The molecule has 1 aliphatic heterocycles. The van der Waals surface area contributed by atoms with Gasteiger partial charge < -0.3 is 4.90 Å². The topological polar surface area (TPSA) is 29.0 Å². The van der Waals surface area contributed by atoms with Crippen LogP contribution in [0, 0.1) is 12.8 Å². The zero-order valence-corrected chi connectivity index (χ0v) is 10.7. The van der Waals surface area contributed by atoms with Crippen molar-refractivity contribution in [1.29, 1.82) is 0 Å². The van der Waals surface area contributed by atoms with E-state index in [2.05, 4.69) is 21.8 Å². The standard InChI is InChI=1S/C12H18ClN3/c1-9-4-3-6-16(7-5-9)12-10(2)11(13)14-8-15-12/h8-9H,3-7H2,1-2H3. The van der Waals surface area contributed by atoms with E-state index in [9.17, 15) is 0 Å². The number of anilines is 1. The SMILES string of the molecule is Cc1c(Cl)ncnc1N1CCCC(C)CC1. The Hall–Kier alpha value is -0.830. The van der Waals surface area contributed by atoms with Crippen molar-refractivity contribution in [2.45, 2.75) is 33.1 Å². The lowest BCUT2D eigenvalue weighted by Gasteiger charge is -2.23. The smallest absolute Gasteiger partial charge is 0.137 e. The Morgan fingerprint density at radius 3 is 2.94 bits per heavy atom. The first-order valence-electron chi connectivity index (χ1n) is 5.90. The summed E-state index contributed by atoms with van der Waals surface area (Å²) >= 11 is 6.02. The van der Waals surface area contributed by atoms with E-state index >= 15 is 0 Å². The van der Waals surface area contributed by atoms with Crippen molar-refractivity contribution in [2.24, 2.45) is 5.92 Å². The van der Waals surface area contributed by atoms with Crippen molar-refractivity contribution in [3.05, 3.63) is 17.0 Å². The first-order chi connectivity index (χ1) is 7.68. The zero-order chi connectivity index (χ0) is 11.5. The Balaban J connectivity index is 2.20. The highest BCUT2D eigenvalue weighted by Gasteiger charge is 2.17. The summed E-state index contributed by atoms with van der Waals surface area (Å²) in [6, 6.07) is 0. The Labute approximate surface area is 102 Å². The molecular weight excluding hydrogens is 222 g/mol. The van der Waals surface area contributed by atoms with Crippen molar-refractivity contribution in [1.82, 2.24) is 9.97 Å². The quantitative estimate of drug-likeness (QED) is 0.706. The molecule has 16 heavy (non-hydrogen) atoms. The van der Waals surface area contributed by atoms with Gasteiger partial charge in [0.1, 0.15) is 17.3 Å². The third-order valence-corrected chi connectivity index (χ3v) is 3.69. The van der Waals surface area contributed by atoms with Crippen LogP contribution in [-0.4, -0.2) is 23.1 Å². The van der Waals surface area contributed by atoms with Gasteiger partial charge in [0.25, 0.3) is 0 Å². The highest BCUT2D eigenvalue weighted by molar-refractivity contribution is 6.30. The molecule has 1 aliphatic rings. The third kappa shape index (κ3) is 2.46. The van der Waals surface area contributed by atoms with Gasteiger partial charge in [-0.3, -0.25) is 0 Å². The maximum atomic E-state index is 6.02. The van der Waals surface area contributed by atoms with E-state index in [1.54, 1.807) is 6.33 Å². The van der Waals surface area contributed by atoms with E-state index in [0.717, 1.165) is 30.4 Å². The number of hydrogen-bond acceptors (Lipinski definition) is 3. The summed E-state index contributed by atoms with van der Waals surface area (Å²) in [4.78, 5) is 10.7. The Kier molecular flexibility index (Phi) is 3.64. The van der Waals surface area contributed by atoms with Crippen molar-refractivity contribution >= 4 is 17.4 Å². The van der Waals surface area contributed by atoms with Gasteiger partial charge in [0.05, 0.1) is 0 Å². The highest BCUT2D eigenvalue weighted by Crippen LogP contribution is 2.25. The molecule has 0 N–H and O–H groups in total. The van der Waals surface area contributed by atoms with Crippen LogP contribution < -0.4 is 4.90 Å². The molecule has 1 unspecified atom stereocenters. The van der Waals surface area contributed by atoms with Gasteiger partial charge in [-0.15, -0.1) is 0 Å². The van der Waals surface area contributed by atoms with Gasteiger partial charge in [0.2, 0.25) is 0 Å². The van der Waals surface area contributed by atoms with Gasteiger partial charge in [-0.05, 0) is 32.1 Å². The van der Waals surface area contributed by atoms with Gasteiger partial charge in [-0.2, -0.15) is 0 Å². The first-order valence-corrected chi connectivity index (χ1v) is 6.28. The summed E-state index contributed by atoms with van der Waals surface area (Å²) in [7, 11) is 0. The minimum atomic E-state index is 0.572. The van der Waals surface area contributed by atoms with Crippen molar-refractivity contribution < 1.29 is 0 Å². The molecule has 0 radical (unpaired) electrons. The molecule has 0 bridgehead atoms. The maximum Gasteiger partial charge on any atom is 0.137 e. The van der Waals surface area contributed by atoms with Gasteiger partial charge in [-0.1, -0.05) is 18.5 Å². The number of rotatable bonds is 1. The third-order valence-electron chi connectivity index (χ3n) is 3.31. The molecule has 1 saturated heterocycles. The van der Waals surface area contributed by atoms with E-state index in [-0.39, 0.29) is 0 Å². The lowest BCUT2D eigenvalue weighted by atomic mass is 10.0. The second-order valence-corrected chi connectivity index (χ2v) is 4.99. The molecule has 0 aromatic carbocycles. The van der Waals surface area contributed by atoms with Crippen LogP contribution >= 0.6 is 11.6 Å². The molecule has 0 spiro atoms. The van der Waals surface area contributed by atoms with Gasteiger partial charge >= 0.3 is 0 Å². The molecule has 1 aromatic rings. The second kappa shape index (κ2) is 5.00. The molecule has 2 heterocycles. The molecule has 88 valence electrons. The highest BCUT2D eigenvalue weighted by atomic mass is 35.5. The molecule has 1 atom stereocenters. The van der Waals surface area contributed by atoms with E-state index in [4.69, 9.17) is 11.6 Å². The van der Waals surface area contributed by atoms with Crippen LogP contribution in [0.1, 0.15) is 31.7 Å². The second-order valence-electron chi connectivity index (χ2n) is 4.64. The van der Waals surface area contributed by atoms with Crippen LogP contribution in [0.4, 0.5) is 5.82 Å². The van der Waals surface area contributed by atoms with Gasteiger partial charge in [-0.25, -0.2) is 9.97 Å². The van der Waals surface area contributed by atoms with E-state index in [1.807, 2.05) is 6.92 Å². The zero-order valence-electron chi connectivity index (χ0n) is 9.91. The number of nitrogens with zero attached hydrogens (tertiary/aromatic N) is 3. The normalized spacial score (nSPS) is 21.9. The Morgan fingerprint density at radius 1 is 1.31 bits per heavy atom.